The Hall–Kier alpha value is -7.63. The van der Waals surface area contributed by atoms with Gasteiger partial charge in [0.2, 0.25) is 5.95 Å². The lowest BCUT2D eigenvalue weighted by Gasteiger charge is -2.12. The van der Waals surface area contributed by atoms with E-state index in [2.05, 4.69) is 0 Å². The fraction of sp³-hybridized carbons (Fsp3) is 0. The van der Waals surface area contributed by atoms with E-state index in [0.29, 0.717) is 11.1 Å². The van der Waals surface area contributed by atoms with Crippen LogP contribution in [0.3, 0.4) is 0 Å². The van der Waals surface area contributed by atoms with E-state index in [1.807, 2.05) is 54.6 Å². The van der Waals surface area contributed by atoms with Crippen molar-refractivity contribution in [2.75, 3.05) is 0 Å². The summed E-state index contributed by atoms with van der Waals surface area (Å²) in [5.41, 5.74) is 0.613. The molecule has 0 aliphatic heterocycles. The van der Waals surface area contributed by atoms with Gasteiger partial charge in [0.25, 0.3) is 0 Å². The molecule has 8 aromatic carbocycles. The van der Waals surface area contributed by atoms with Crippen molar-refractivity contribution >= 4 is 43.6 Å². The van der Waals surface area contributed by atoms with E-state index in [0.717, 1.165) is 27.8 Å². The van der Waals surface area contributed by atoms with Gasteiger partial charge in [-0.3, -0.25) is 4.57 Å². The van der Waals surface area contributed by atoms with Gasteiger partial charge in [0.05, 0.1) is 45.4 Å². The summed E-state index contributed by atoms with van der Waals surface area (Å²) in [5, 5.41) is -1.04. The van der Waals surface area contributed by atoms with Crippen molar-refractivity contribution in [1.29, 1.82) is 0 Å². The summed E-state index contributed by atoms with van der Waals surface area (Å²) in [6.45, 7) is 0. The van der Waals surface area contributed by atoms with E-state index in [1.165, 1.54) is 4.57 Å². The maximum Gasteiger partial charge on any atom is 0.238 e. The number of benzene rings is 8. The van der Waals surface area contributed by atoms with Crippen LogP contribution in [0.5, 0.6) is 0 Å². The molecule has 0 aliphatic rings. The monoisotopic (exact) mass is 732 g/mol. The molecule has 3 aromatic heterocycles. The van der Waals surface area contributed by atoms with Crippen LogP contribution < -0.4 is 0 Å². The molecule has 5 nitrogen and oxygen atoms in total. The molecule has 0 spiro atoms. The average molecular weight is 733 g/mol. The van der Waals surface area contributed by atoms with Crippen LogP contribution in [-0.4, -0.2) is 24.1 Å². The molecule has 0 N–H and O–H groups in total. The molecule has 0 saturated heterocycles. The molecule has 56 heavy (non-hydrogen) atoms. The van der Waals surface area contributed by atoms with E-state index >= 15 is 0 Å². The van der Waals surface area contributed by atoms with Gasteiger partial charge in [-0.05, 0) is 58.5 Å². The summed E-state index contributed by atoms with van der Waals surface area (Å²) in [4.78, 5) is 14.7. The van der Waals surface area contributed by atoms with Gasteiger partial charge in [-0.15, -0.1) is 0 Å². The molecule has 0 amide bonds. The first kappa shape index (κ1) is 19.1. The molecule has 0 radical (unpaired) electrons. The first-order chi connectivity index (χ1) is 34.8. The van der Waals surface area contributed by atoms with Gasteiger partial charge < -0.3 is 4.57 Å². The first-order valence-corrected chi connectivity index (χ1v) is 17.5. The van der Waals surface area contributed by atoms with Gasteiger partial charge in [-0.1, -0.05) is 164 Å². The average Bonchev–Trinajstić information content (AvgIpc) is 3.96. The minimum Gasteiger partial charge on any atom is -0.309 e. The summed E-state index contributed by atoms with van der Waals surface area (Å²) in [6.07, 6.45) is 0. The molecular formula is C51H33N5. The van der Waals surface area contributed by atoms with E-state index < -0.39 is 108 Å². The number of fused-ring (bicyclic) bond motifs is 6. The minimum atomic E-state index is -0.733. The standard InChI is InChI=1S/C51H33N5/c1-4-15-34(16-5-1)36-27-29-38(30-28-36)50-52-49(37-19-8-3-9-20-37)53-51(54-50)56-46-26-13-11-24-42(46)44-32-43-41-23-10-12-25-45(41)55(47(43)33-48(44)56)40-22-14-21-39(31-40)35-17-6-2-7-18-35/h1-33H/i2D,6D,7D,10D,11D,12D,13D,14D,17D,21D,23D,24D,25D,26D,31D,32D,33D. The van der Waals surface area contributed by atoms with Crippen LogP contribution in [0.1, 0.15) is 23.3 Å². The number of rotatable bonds is 6. The topological polar surface area (TPSA) is 48.5 Å². The van der Waals surface area contributed by atoms with Gasteiger partial charge in [0.1, 0.15) is 0 Å². The zero-order valence-corrected chi connectivity index (χ0v) is 29.0. The largest absolute Gasteiger partial charge is 0.309 e. The second kappa shape index (κ2) is 13.0. The lowest BCUT2D eigenvalue weighted by atomic mass is 10.0. The molecule has 11 rings (SSSR count). The smallest absolute Gasteiger partial charge is 0.238 e. The predicted octanol–water partition coefficient (Wildman–Crippen LogP) is 12.7. The van der Waals surface area contributed by atoms with Crippen molar-refractivity contribution in [3.8, 4) is 56.7 Å². The molecule has 0 saturated carbocycles. The Labute approximate surface area is 347 Å². The van der Waals surface area contributed by atoms with Gasteiger partial charge in [-0.2, -0.15) is 9.97 Å². The van der Waals surface area contributed by atoms with Crippen LogP contribution in [0.25, 0.3) is 100 Å². The zero-order chi connectivity index (χ0) is 51.8. The van der Waals surface area contributed by atoms with Gasteiger partial charge in [-0.25, -0.2) is 4.98 Å². The Balaban J connectivity index is 1.33. The van der Waals surface area contributed by atoms with Crippen molar-refractivity contribution in [3.63, 3.8) is 0 Å². The van der Waals surface area contributed by atoms with Crippen LogP contribution in [-0.2, 0) is 0 Å². The highest BCUT2D eigenvalue weighted by atomic mass is 15.2. The Kier molecular flexibility index (Phi) is 4.45. The minimum absolute atomic E-state index is 0.125. The summed E-state index contributed by atoms with van der Waals surface area (Å²) in [5.74, 6) is 0.0112. The Morgan fingerprint density at radius 3 is 1.61 bits per heavy atom. The lowest BCUT2D eigenvalue weighted by molar-refractivity contribution is 0.953. The van der Waals surface area contributed by atoms with Crippen LogP contribution in [0, 0.1) is 0 Å². The zero-order valence-electron chi connectivity index (χ0n) is 46.0. The van der Waals surface area contributed by atoms with Crippen molar-refractivity contribution in [1.82, 2.24) is 24.1 Å². The second-order valence-corrected chi connectivity index (χ2v) is 12.8. The van der Waals surface area contributed by atoms with E-state index in [-0.39, 0.29) is 72.5 Å². The van der Waals surface area contributed by atoms with E-state index in [1.54, 1.807) is 30.3 Å². The normalized spacial score (nSPS) is 15.8. The maximum absolute atomic E-state index is 10.3. The summed E-state index contributed by atoms with van der Waals surface area (Å²) >= 11 is 0. The molecular weight excluding hydrogens is 683 g/mol. The van der Waals surface area contributed by atoms with Crippen molar-refractivity contribution in [2.45, 2.75) is 0 Å². The second-order valence-electron chi connectivity index (χ2n) is 12.8. The van der Waals surface area contributed by atoms with Crippen molar-refractivity contribution < 1.29 is 23.3 Å². The first-order valence-electron chi connectivity index (χ1n) is 26.0. The number of hydrogen-bond acceptors (Lipinski definition) is 3. The Morgan fingerprint density at radius 1 is 0.339 bits per heavy atom. The Morgan fingerprint density at radius 2 is 0.893 bits per heavy atom. The lowest BCUT2D eigenvalue weighted by Crippen LogP contribution is -2.06. The molecule has 0 bridgehead atoms. The third kappa shape index (κ3) is 5.29. The summed E-state index contributed by atoms with van der Waals surface area (Å²) < 4.78 is 157. The van der Waals surface area contributed by atoms with Crippen molar-refractivity contribution in [3.05, 3.63) is 200 Å². The predicted molar refractivity (Wildman–Crippen MR) is 230 cm³/mol. The molecule has 5 heteroatoms. The third-order valence-corrected chi connectivity index (χ3v) is 9.51. The molecule has 0 atom stereocenters. The maximum atomic E-state index is 10.3. The van der Waals surface area contributed by atoms with Crippen molar-refractivity contribution in [2.24, 2.45) is 0 Å². The quantitative estimate of drug-likeness (QED) is 0.171. The molecule has 3 heterocycles. The molecule has 11 aromatic rings. The SMILES string of the molecule is [2H]c1cc(-c2c([2H])c([2H])cc(-n3c4c([2H])c([2H])c([2H])c([2H])c4c4c([2H])c5c6c([2H])c([2H])c([2H])c([2H])c6n(-c6nc(-c7ccccc7)nc(-c7ccc(-c8ccccc8)cc7)n6)c5c([2H])c43)c2[2H])c([2H])c([2H])c1[2H]. The summed E-state index contributed by atoms with van der Waals surface area (Å²) in [6, 6.07) is 17.4. The molecule has 262 valence electrons. The van der Waals surface area contributed by atoms with E-state index in [4.69, 9.17) is 28.7 Å². The van der Waals surface area contributed by atoms with Gasteiger partial charge in [0.15, 0.2) is 11.6 Å². The number of aromatic nitrogens is 5. The summed E-state index contributed by atoms with van der Waals surface area (Å²) in [7, 11) is 0. The highest BCUT2D eigenvalue weighted by molar-refractivity contribution is 6.19. The molecule has 0 fully saturated rings. The fourth-order valence-electron chi connectivity index (χ4n) is 6.94. The van der Waals surface area contributed by atoms with Gasteiger partial charge >= 0.3 is 0 Å². The molecule has 0 unspecified atom stereocenters. The highest BCUT2D eigenvalue weighted by Gasteiger charge is 2.21. The fourth-order valence-corrected chi connectivity index (χ4v) is 6.94. The third-order valence-electron chi connectivity index (χ3n) is 9.51. The number of hydrogen-bond donors (Lipinski definition) is 0. The van der Waals surface area contributed by atoms with E-state index in [9.17, 15) is 9.60 Å². The van der Waals surface area contributed by atoms with Crippen LogP contribution in [0.15, 0.2) is 200 Å². The van der Waals surface area contributed by atoms with Crippen LogP contribution >= 0.6 is 0 Å². The number of nitrogens with zero attached hydrogens (tertiary/aromatic N) is 5. The molecule has 0 aliphatic carbocycles. The van der Waals surface area contributed by atoms with Crippen LogP contribution in [0.2, 0.25) is 0 Å². The van der Waals surface area contributed by atoms with Crippen LogP contribution in [0.4, 0.5) is 0 Å². The highest BCUT2D eigenvalue weighted by Crippen LogP contribution is 2.40. The number of para-hydroxylation sites is 2. The Bertz CT molecular complexity index is 4220. The van der Waals surface area contributed by atoms with Gasteiger partial charge in [0, 0.05) is 38.4 Å².